The average Bonchev–Trinajstić information content (AvgIpc) is 2.94. The fourth-order valence-corrected chi connectivity index (χ4v) is 2.17. The lowest BCUT2D eigenvalue weighted by Gasteiger charge is -1.99. The fraction of sp³-hybridized carbons (Fsp3) is 0.250. The molecule has 0 spiro atoms. The highest BCUT2D eigenvalue weighted by atomic mass is 32.1. The summed E-state index contributed by atoms with van der Waals surface area (Å²) in [6.45, 7) is 3.17. The fourth-order valence-electron chi connectivity index (χ4n) is 1.48. The first kappa shape index (κ1) is 13.3. The molecule has 1 amide bonds. The van der Waals surface area contributed by atoms with Crippen molar-refractivity contribution in [2.45, 2.75) is 13.8 Å². The smallest absolute Gasteiger partial charge is 0.262 e. The summed E-state index contributed by atoms with van der Waals surface area (Å²) in [5.41, 5.74) is 0.949. The second-order valence-electron chi connectivity index (χ2n) is 3.64. The zero-order valence-corrected chi connectivity index (χ0v) is 11.2. The van der Waals surface area contributed by atoms with Gasteiger partial charge < -0.3 is 9.63 Å². The number of hydrogen-bond donors (Lipinski definition) is 2. The third-order valence-corrected chi connectivity index (χ3v) is 3.11. The number of rotatable bonds is 2. The van der Waals surface area contributed by atoms with Crippen LogP contribution < -0.4 is 5.32 Å². The highest BCUT2D eigenvalue weighted by Crippen LogP contribution is 2.19. The average molecular weight is 277 g/mol. The molecule has 0 fully saturated rings. The number of aryl methyl sites for hydroxylation is 2. The van der Waals surface area contributed by atoms with Gasteiger partial charge in [0, 0.05) is 0 Å². The molecule has 0 aliphatic carbocycles. The first-order chi connectivity index (χ1) is 9.11. The van der Waals surface area contributed by atoms with Gasteiger partial charge in [0.1, 0.15) is 17.9 Å². The summed E-state index contributed by atoms with van der Waals surface area (Å²) in [6.07, 6.45) is 1.54. The van der Waals surface area contributed by atoms with Gasteiger partial charge in [-0.1, -0.05) is 28.3 Å². The van der Waals surface area contributed by atoms with Gasteiger partial charge in [0.05, 0.1) is 16.8 Å². The maximum absolute atomic E-state index is 12.0. The summed E-state index contributed by atoms with van der Waals surface area (Å²) in [5.74, 6) is 5.39. The summed E-state index contributed by atoms with van der Waals surface area (Å²) in [7, 11) is 0. The van der Waals surface area contributed by atoms with Gasteiger partial charge in [-0.15, -0.1) is 0 Å². The molecular formula is C12H11N3O3S. The standard InChI is InChI=1S/C12H11N3O3S/c1-7-10(8(2)18-15-7)11(17)14-12-13-6-9(19-12)4-3-5-16/h6,16H,5H2,1-2H3,(H,13,14,17). The van der Waals surface area contributed by atoms with Crippen molar-refractivity contribution in [2.24, 2.45) is 0 Å². The zero-order valence-electron chi connectivity index (χ0n) is 10.4. The van der Waals surface area contributed by atoms with Gasteiger partial charge in [0.15, 0.2) is 5.13 Å². The largest absolute Gasteiger partial charge is 0.384 e. The Morgan fingerprint density at radius 2 is 2.37 bits per heavy atom. The van der Waals surface area contributed by atoms with Crippen LogP contribution in [0, 0.1) is 25.7 Å². The molecule has 0 saturated heterocycles. The summed E-state index contributed by atoms with van der Waals surface area (Å²) < 4.78 is 4.93. The lowest BCUT2D eigenvalue weighted by molar-refractivity contribution is 0.102. The number of nitrogens with zero attached hydrogens (tertiary/aromatic N) is 2. The Labute approximate surface area is 113 Å². The third kappa shape index (κ3) is 2.99. The topological polar surface area (TPSA) is 88.3 Å². The van der Waals surface area contributed by atoms with E-state index in [1.807, 2.05) is 0 Å². The monoisotopic (exact) mass is 277 g/mol. The van der Waals surface area contributed by atoms with Gasteiger partial charge in [-0.3, -0.25) is 10.1 Å². The number of carbonyl (C=O) groups excluding carboxylic acids is 1. The van der Waals surface area contributed by atoms with Crippen LogP contribution in [-0.4, -0.2) is 27.8 Å². The van der Waals surface area contributed by atoms with Crippen LogP contribution in [0.5, 0.6) is 0 Å². The molecule has 7 heteroatoms. The molecule has 19 heavy (non-hydrogen) atoms. The Balaban J connectivity index is 2.13. The molecule has 0 bridgehead atoms. The van der Waals surface area contributed by atoms with Gasteiger partial charge in [-0.25, -0.2) is 4.98 Å². The third-order valence-electron chi connectivity index (χ3n) is 2.28. The molecular weight excluding hydrogens is 266 g/mol. The summed E-state index contributed by atoms with van der Waals surface area (Å²) in [4.78, 5) is 16.7. The molecule has 2 heterocycles. The van der Waals surface area contributed by atoms with Crippen LogP contribution in [0.3, 0.4) is 0 Å². The van der Waals surface area contributed by atoms with E-state index < -0.39 is 0 Å². The van der Waals surface area contributed by atoms with Gasteiger partial charge in [-0.05, 0) is 13.8 Å². The number of nitrogens with one attached hydrogen (secondary N) is 1. The molecule has 0 aliphatic rings. The van der Waals surface area contributed by atoms with E-state index in [2.05, 4.69) is 27.3 Å². The first-order valence-electron chi connectivity index (χ1n) is 5.41. The molecule has 2 N–H and O–H groups in total. The van der Waals surface area contributed by atoms with Crippen LogP contribution in [0.2, 0.25) is 0 Å². The predicted octanol–water partition coefficient (Wildman–Crippen LogP) is 1.34. The molecule has 2 aromatic heterocycles. The van der Waals surface area contributed by atoms with Crippen molar-refractivity contribution >= 4 is 22.4 Å². The number of thiazole rings is 1. The van der Waals surface area contributed by atoms with Gasteiger partial charge in [-0.2, -0.15) is 0 Å². The number of carbonyl (C=O) groups is 1. The van der Waals surface area contributed by atoms with E-state index in [9.17, 15) is 4.79 Å². The van der Waals surface area contributed by atoms with E-state index in [0.717, 1.165) is 0 Å². The van der Waals surface area contributed by atoms with Crippen LogP contribution in [0.25, 0.3) is 0 Å². The molecule has 0 unspecified atom stereocenters. The predicted molar refractivity (Wildman–Crippen MR) is 70.0 cm³/mol. The lowest BCUT2D eigenvalue weighted by Crippen LogP contribution is -2.13. The minimum Gasteiger partial charge on any atom is -0.384 e. The highest BCUT2D eigenvalue weighted by Gasteiger charge is 2.18. The van der Waals surface area contributed by atoms with E-state index in [-0.39, 0.29) is 12.5 Å². The van der Waals surface area contributed by atoms with Crippen molar-refractivity contribution in [1.29, 1.82) is 0 Å². The Kier molecular flexibility index (Phi) is 3.94. The minimum atomic E-state index is -0.313. The summed E-state index contributed by atoms with van der Waals surface area (Å²) in [5, 5.41) is 15.4. The molecule has 0 aromatic carbocycles. The number of hydrogen-bond acceptors (Lipinski definition) is 6. The van der Waals surface area contributed by atoms with Gasteiger partial charge >= 0.3 is 0 Å². The minimum absolute atomic E-state index is 0.210. The Morgan fingerprint density at radius 1 is 1.58 bits per heavy atom. The molecule has 6 nitrogen and oxygen atoms in total. The Morgan fingerprint density at radius 3 is 3.00 bits per heavy atom. The molecule has 0 saturated carbocycles. The van der Waals surface area contributed by atoms with Crippen molar-refractivity contribution < 1.29 is 14.4 Å². The van der Waals surface area contributed by atoms with E-state index in [4.69, 9.17) is 9.63 Å². The molecule has 2 rings (SSSR count). The van der Waals surface area contributed by atoms with E-state index in [0.29, 0.717) is 27.0 Å². The maximum atomic E-state index is 12.0. The summed E-state index contributed by atoms with van der Waals surface area (Å²) in [6, 6.07) is 0. The van der Waals surface area contributed by atoms with Crippen LogP contribution in [0.4, 0.5) is 5.13 Å². The van der Waals surface area contributed by atoms with Crippen molar-refractivity contribution in [2.75, 3.05) is 11.9 Å². The van der Waals surface area contributed by atoms with Crippen LogP contribution in [-0.2, 0) is 0 Å². The van der Waals surface area contributed by atoms with Crippen LogP contribution in [0.1, 0.15) is 26.7 Å². The van der Waals surface area contributed by atoms with Crippen molar-refractivity contribution in [3.8, 4) is 11.8 Å². The molecule has 0 atom stereocenters. The first-order valence-corrected chi connectivity index (χ1v) is 6.23. The lowest BCUT2D eigenvalue weighted by atomic mass is 10.2. The normalized spacial score (nSPS) is 9.84. The molecule has 98 valence electrons. The van der Waals surface area contributed by atoms with E-state index in [1.54, 1.807) is 13.8 Å². The Hall–Kier alpha value is -2.17. The highest BCUT2D eigenvalue weighted by molar-refractivity contribution is 7.16. The van der Waals surface area contributed by atoms with Crippen molar-refractivity contribution in [3.05, 3.63) is 28.1 Å². The van der Waals surface area contributed by atoms with Crippen LogP contribution in [0.15, 0.2) is 10.7 Å². The zero-order chi connectivity index (χ0) is 13.8. The number of aromatic nitrogens is 2. The van der Waals surface area contributed by atoms with Crippen molar-refractivity contribution in [3.63, 3.8) is 0 Å². The van der Waals surface area contributed by atoms with Gasteiger partial charge in [0.2, 0.25) is 0 Å². The SMILES string of the molecule is Cc1noc(C)c1C(=O)Nc1ncc(C#CCO)s1. The van der Waals surface area contributed by atoms with Gasteiger partial charge in [0.25, 0.3) is 5.91 Å². The number of anilines is 1. The van der Waals surface area contributed by atoms with Crippen molar-refractivity contribution in [1.82, 2.24) is 10.1 Å². The second kappa shape index (κ2) is 5.65. The van der Waals surface area contributed by atoms with E-state index >= 15 is 0 Å². The molecule has 0 radical (unpaired) electrons. The van der Waals surface area contributed by atoms with Crippen LogP contribution >= 0.6 is 11.3 Å². The quantitative estimate of drug-likeness (QED) is 0.809. The van der Waals surface area contributed by atoms with E-state index in [1.165, 1.54) is 17.5 Å². The number of aliphatic hydroxyl groups excluding tert-OH is 1. The molecule has 2 aromatic rings. The number of amides is 1. The summed E-state index contributed by atoms with van der Waals surface area (Å²) >= 11 is 1.23. The number of aliphatic hydroxyl groups is 1. The maximum Gasteiger partial charge on any atom is 0.262 e. The Bertz CT molecular complexity index is 644. The second-order valence-corrected chi connectivity index (χ2v) is 4.67. The molecule has 0 aliphatic heterocycles.